The van der Waals surface area contributed by atoms with E-state index >= 15 is 0 Å². The lowest BCUT2D eigenvalue weighted by atomic mass is 10.1. The number of carbonyl (C=O) groups is 1. The van der Waals surface area contributed by atoms with Crippen molar-refractivity contribution in [2.45, 2.75) is 26.7 Å². The van der Waals surface area contributed by atoms with Crippen molar-refractivity contribution in [1.29, 1.82) is 0 Å². The first-order chi connectivity index (χ1) is 12.9. The number of amides is 1. The summed E-state index contributed by atoms with van der Waals surface area (Å²) >= 11 is 0. The van der Waals surface area contributed by atoms with E-state index in [0.717, 1.165) is 16.8 Å². The van der Waals surface area contributed by atoms with Crippen LogP contribution in [-0.4, -0.2) is 10.8 Å². The van der Waals surface area contributed by atoms with Crippen LogP contribution in [-0.2, 0) is 11.2 Å². The molecular formula is C21H20N2O4. The van der Waals surface area contributed by atoms with Crippen LogP contribution in [0.2, 0.25) is 0 Å². The van der Waals surface area contributed by atoms with Crippen molar-refractivity contribution in [2.75, 3.05) is 5.32 Å². The number of hydrogen-bond donors (Lipinski definition) is 1. The largest absolute Gasteiger partial charge is 0.461 e. The number of nitro benzene ring substituents is 1. The Hall–Kier alpha value is -3.41. The lowest BCUT2D eigenvalue weighted by molar-refractivity contribution is -0.384. The number of furan rings is 1. The molecule has 1 amide bonds. The zero-order valence-corrected chi connectivity index (χ0v) is 15.2. The topological polar surface area (TPSA) is 85.4 Å². The van der Waals surface area contributed by atoms with Gasteiger partial charge in [-0.1, -0.05) is 30.3 Å². The van der Waals surface area contributed by atoms with Crippen LogP contribution in [0.15, 0.2) is 59.0 Å². The summed E-state index contributed by atoms with van der Waals surface area (Å²) in [4.78, 5) is 22.7. The molecule has 0 spiro atoms. The van der Waals surface area contributed by atoms with Gasteiger partial charge in [-0.15, -0.1) is 0 Å². The molecule has 1 heterocycles. The summed E-state index contributed by atoms with van der Waals surface area (Å²) < 4.78 is 5.75. The van der Waals surface area contributed by atoms with Gasteiger partial charge >= 0.3 is 0 Å². The van der Waals surface area contributed by atoms with E-state index in [-0.39, 0.29) is 18.0 Å². The Labute approximate surface area is 157 Å². The summed E-state index contributed by atoms with van der Waals surface area (Å²) in [7, 11) is 0. The molecule has 3 rings (SSSR count). The maximum absolute atomic E-state index is 12.3. The molecule has 0 atom stereocenters. The third kappa shape index (κ3) is 4.41. The lowest BCUT2D eigenvalue weighted by Gasteiger charge is -2.11. The zero-order chi connectivity index (χ0) is 19.4. The number of non-ortho nitro benzene ring substituents is 1. The van der Waals surface area contributed by atoms with Gasteiger partial charge in [-0.2, -0.15) is 0 Å². The van der Waals surface area contributed by atoms with Crippen molar-refractivity contribution in [1.82, 2.24) is 0 Å². The standard InChI is InChI=1S/C21H20N2O4/c1-14-5-3-6-15(2)21(14)22-20(24)12-10-18-9-11-19(27-18)16-7-4-8-17(13-16)23(25)26/h3-9,11,13H,10,12H2,1-2H3,(H,22,24). The van der Waals surface area contributed by atoms with E-state index in [2.05, 4.69) is 5.32 Å². The van der Waals surface area contributed by atoms with Crippen LogP contribution in [0.25, 0.3) is 11.3 Å². The smallest absolute Gasteiger partial charge is 0.270 e. The molecule has 0 aliphatic heterocycles. The Morgan fingerprint density at radius 2 is 1.78 bits per heavy atom. The molecule has 0 aliphatic rings. The van der Waals surface area contributed by atoms with Crippen LogP contribution >= 0.6 is 0 Å². The highest BCUT2D eigenvalue weighted by molar-refractivity contribution is 5.92. The van der Waals surface area contributed by atoms with Gasteiger partial charge in [-0.3, -0.25) is 14.9 Å². The highest BCUT2D eigenvalue weighted by Gasteiger charge is 2.12. The van der Waals surface area contributed by atoms with Crippen molar-refractivity contribution < 1.29 is 14.1 Å². The average Bonchev–Trinajstić information content (AvgIpc) is 3.12. The van der Waals surface area contributed by atoms with E-state index in [9.17, 15) is 14.9 Å². The molecule has 1 N–H and O–H groups in total. The molecule has 6 heteroatoms. The third-order valence-corrected chi connectivity index (χ3v) is 4.35. The van der Waals surface area contributed by atoms with Crippen molar-refractivity contribution in [2.24, 2.45) is 0 Å². The Morgan fingerprint density at radius 1 is 1.07 bits per heavy atom. The first kappa shape index (κ1) is 18.4. The molecule has 3 aromatic rings. The summed E-state index contributed by atoms with van der Waals surface area (Å²) in [6.45, 7) is 3.92. The van der Waals surface area contributed by atoms with Crippen LogP contribution in [0, 0.1) is 24.0 Å². The zero-order valence-electron chi connectivity index (χ0n) is 15.2. The van der Waals surface area contributed by atoms with E-state index in [1.54, 1.807) is 24.3 Å². The number of nitrogens with one attached hydrogen (secondary N) is 1. The highest BCUT2D eigenvalue weighted by atomic mass is 16.6. The fourth-order valence-corrected chi connectivity index (χ4v) is 2.89. The maximum Gasteiger partial charge on any atom is 0.270 e. The molecule has 0 radical (unpaired) electrons. The fourth-order valence-electron chi connectivity index (χ4n) is 2.89. The molecule has 0 saturated carbocycles. The number of rotatable bonds is 6. The summed E-state index contributed by atoms with van der Waals surface area (Å²) in [6, 6.07) is 15.7. The van der Waals surface area contributed by atoms with Gasteiger partial charge < -0.3 is 9.73 Å². The number of nitro groups is 1. The highest BCUT2D eigenvalue weighted by Crippen LogP contribution is 2.26. The van der Waals surface area contributed by atoms with E-state index in [4.69, 9.17) is 4.42 Å². The maximum atomic E-state index is 12.3. The minimum atomic E-state index is -0.439. The minimum Gasteiger partial charge on any atom is -0.461 e. The van der Waals surface area contributed by atoms with E-state index in [1.165, 1.54) is 12.1 Å². The molecular weight excluding hydrogens is 344 g/mol. The Balaban J connectivity index is 1.64. The number of nitrogens with zero attached hydrogens (tertiary/aromatic N) is 1. The van der Waals surface area contributed by atoms with Crippen molar-refractivity contribution >= 4 is 17.3 Å². The molecule has 0 bridgehead atoms. The van der Waals surface area contributed by atoms with Crippen LogP contribution < -0.4 is 5.32 Å². The number of carbonyl (C=O) groups excluding carboxylic acids is 1. The summed E-state index contributed by atoms with van der Waals surface area (Å²) in [5, 5.41) is 13.8. The summed E-state index contributed by atoms with van der Waals surface area (Å²) in [5.41, 5.74) is 3.54. The molecule has 138 valence electrons. The Bertz CT molecular complexity index is 971. The number of anilines is 1. The first-order valence-corrected chi connectivity index (χ1v) is 8.63. The molecule has 27 heavy (non-hydrogen) atoms. The van der Waals surface area contributed by atoms with Gasteiger partial charge in [0.2, 0.25) is 5.91 Å². The predicted molar refractivity (Wildman–Crippen MR) is 104 cm³/mol. The predicted octanol–water partition coefficient (Wildman–Crippen LogP) is 5.04. The van der Waals surface area contributed by atoms with Gasteiger partial charge in [0.15, 0.2) is 0 Å². The van der Waals surface area contributed by atoms with Gasteiger partial charge in [0.1, 0.15) is 11.5 Å². The van der Waals surface area contributed by atoms with Crippen molar-refractivity contribution in [3.8, 4) is 11.3 Å². The Morgan fingerprint density at radius 3 is 2.48 bits per heavy atom. The molecule has 0 unspecified atom stereocenters. The number of aryl methyl sites for hydroxylation is 3. The molecule has 0 saturated heterocycles. The second-order valence-corrected chi connectivity index (χ2v) is 6.39. The molecule has 1 aromatic heterocycles. The van der Waals surface area contributed by atoms with Gasteiger partial charge in [-0.05, 0) is 37.1 Å². The Kier molecular flexibility index (Phi) is 5.35. The summed E-state index contributed by atoms with van der Waals surface area (Å²) in [6.07, 6.45) is 0.737. The summed E-state index contributed by atoms with van der Waals surface area (Å²) in [5.74, 6) is 1.12. The molecule has 6 nitrogen and oxygen atoms in total. The van der Waals surface area contributed by atoms with Gasteiger partial charge in [0.05, 0.1) is 4.92 Å². The number of hydrogen-bond acceptors (Lipinski definition) is 4. The van der Waals surface area contributed by atoms with Gasteiger partial charge in [0.25, 0.3) is 5.69 Å². The second kappa shape index (κ2) is 7.86. The van der Waals surface area contributed by atoms with Crippen LogP contribution in [0.4, 0.5) is 11.4 Å². The molecule has 0 aliphatic carbocycles. The normalized spacial score (nSPS) is 10.6. The first-order valence-electron chi connectivity index (χ1n) is 8.63. The van der Waals surface area contributed by atoms with Crippen LogP contribution in [0.1, 0.15) is 23.3 Å². The van der Waals surface area contributed by atoms with Crippen molar-refractivity contribution in [3.63, 3.8) is 0 Å². The fraction of sp³-hybridized carbons (Fsp3) is 0.190. The van der Waals surface area contributed by atoms with E-state index in [1.807, 2.05) is 32.0 Å². The molecule has 0 fully saturated rings. The van der Waals surface area contributed by atoms with Gasteiger partial charge in [-0.25, -0.2) is 0 Å². The number of benzene rings is 2. The second-order valence-electron chi connectivity index (χ2n) is 6.39. The third-order valence-electron chi connectivity index (χ3n) is 4.35. The SMILES string of the molecule is Cc1cccc(C)c1NC(=O)CCc1ccc(-c2cccc([N+](=O)[O-])c2)o1. The number of para-hydroxylation sites is 1. The lowest BCUT2D eigenvalue weighted by Crippen LogP contribution is -2.14. The van der Waals surface area contributed by atoms with E-state index in [0.29, 0.717) is 23.5 Å². The van der Waals surface area contributed by atoms with Crippen LogP contribution in [0.5, 0.6) is 0 Å². The van der Waals surface area contributed by atoms with E-state index < -0.39 is 4.92 Å². The minimum absolute atomic E-state index is 0.0124. The quantitative estimate of drug-likeness (QED) is 0.490. The molecule has 2 aromatic carbocycles. The average molecular weight is 364 g/mol. The van der Waals surface area contributed by atoms with Crippen molar-refractivity contribution in [3.05, 3.63) is 81.6 Å². The monoisotopic (exact) mass is 364 g/mol. The van der Waals surface area contributed by atoms with Gasteiger partial charge in [0, 0.05) is 36.2 Å². The van der Waals surface area contributed by atoms with Crippen LogP contribution in [0.3, 0.4) is 0 Å².